The summed E-state index contributed by atoms with van der Waals surface area (Å²) in [5.41, 5.74) is 9.53. The molecule has 1 aromatic rings. The van der Waals surface area contributed by atoms with Crippen molar-refractivity contribution >= 4 is 11.6 Å². The molecule has 0 amide bonds. The Bertz CT molecular complexity index is 524. The predicted molar refractivity (Wildman–Crippen MR) is 100 cm³/mol. The van der Waals surface area contributed by atoms with Gasteiger partial charge in [0.2, 0.25) is 0 Å². The Hall–Kier alpha value is -1.55. The van der Waals surface area contributed by atoms with Crippen LogP contribution >= 0.6 is 0 Å². The van der Waals surface area contributed by atoms with Gasteiger partial charge in [0.25, 0.3) is 0 Å². The maximum absolute atomic E-state index is 5.97. The number of rotatable bonds is 6. The van der Waals surface area contributed by atoms with Crippen molar-refractivity contribution in [2.45, 2.75) is 58.9 Å². The molecule has 0 spiro atoms. The Morgan fingerprint density at radius 1 is 1.26 bits per heavy atom. The van der Waals surface area contributed by atoms with Crippen molar-refractivity contribution in [1.29, 1.82) is 0 Å². The lowest BCUT2D eigenvalue weighted by molar-refractivity contribution is 0.158. The van der Waals surface area contributed by atoms with Crippen LogP contribution in [0.2, 0.25) is 0 Å². The van der Waals surface area contributed by atoms with E-state index in [0.717, 1.165) is 24.7 Å². The molecule has 1 aromatic carbocycles. The summed E-state index contributed by atoms with van der Waals surface area (Å²) in [6.45, 7) is 9.83. The van der Waals surface area contributed by atoms with E-state index < -0.39 is 0 Å². The number of nitrogens with zero attached hydrogens (tertiary/aromatic N) is 2. The van der Waals surface area contributed by atoms with E-state index in [2.05, 4.69) is 48.1 Å². The summed E-state index contributed by atoms with van der Waals surface area (Å²) in [6, 6.07) is 7.01. The van der Waals surface area contributed by atoms with E-state index in [4.69, 9.17) is 5.73 Å². The van der Waals surface area contributed by atoms with Crippen LogP contribution in [0.15, 0.2) is 23.2 Å². The van der Waals surface area contributed by atoms with E-state index in [9.17, 15) is 0 Å². The Labute approximate surface area is 141 Å². The molecule has 0 radical (unpaired) electrons. The number of anilines is 1. The van der Waals surface area contributed by atoms with Crippen LogP contribution < -0.4 is 11.1 Å². The van der Waals surface area contributed by atoms with Crippen LogP contribution in [0.5, 0.6) is 0 Å². The fourth-order valence-electron chi connectivity index (χ4n) is 3.12. The van der Waals surface area contributed by atoms with Crippen LogP contribution in [0.25, 0.3) is 0 Å². The minimum absolute atomic E-state index is 0.514. The molecule has 1 fully saturated rings. The molecule has 128 valence electrons. The maximum Gasteiger partial charge on any atom is 0.193 e. The molecule has 1 aliphatic rings. The normalized spacial score (nSPS) is 19.8. The zero-order chi connectivity index (χ0) is 16.7. The third-order valence-electron chi connectivity index (χ3n) is 4.86. The molecule has 1 saturated heterocycles. The van der Waals surface area contributed by atoms with Gasteiger partial charge in [-0.15, -0.1) is 0 Å². The van der Waals surface area contributed by atoms with Gasteiger partial charge in [0, 0.05) is 18.3 Å². The van der Waals surface area contributed by atoms with Crippen LogP contribution in [0.1, 0.15) is 50.2 Å². The number of unbranched alkanes of at least 4 members (excludes halogenated alkanes) is 1. The van der Waals surface area contributed by atoms with Crippen LogP contribution in [0.3, 0.4) is 0 Å². The highest BCUT2D eigenvalue weighted by Crippen LogP contribution is 2.16. The number of nitrogens with one attached hydrogen (secondary N) is 1. The van der Waals surface area contributed by atoms with Crippen molar-refractivity contribution in [3.05, 3.63) is 29.3 Å². The molecule has 0 aromatic heterocycles. The van der Waals surface area contributed by atoms with Gasteiger partial charge < -0.3 is 16.0 Å². The smallest absolute Gasteiger partial charge is 0.193 e. The zero-order valence-corrected chi connectivity index (χ0v) is 14.9. The molecular weight excluding hydrogens is 284 g/mol. The zero-order valence-electron chi connectivity index (χ0n) is 14.9. The molecule has 0 aliphatic carbocycles. The molecule has 0 saturated carbocycles. The number of hydrogen-bond donors (Lipinski definition) is 2. The first-order chi connectivity index (χ1) is 11.1. The van der Waals surface area contributed by atoms with Crippen molar-refractivity contribution in [3.63, 3.8) is 0 Å². The first-order valence-corrected chi connectivity index (χ1v) is 8.94. The molecule has 1 aliphatic heterocycles. The molecule has 1 heterocycles. The third kappa shape index (κ3) is 5.87. The van der Waals surface area contributed by atoms with E-state index in [1.807, 2.05) is 6.07 Å². The largest absolute Gasteiger partial charge is 0.370 e. The summed E-state index contributed by atoms with van der Waals surface area (Å²) in [7, 11) is 0. The molecule has 4 heteroatoms. The predicted octanol–water partition coefficient (Wildman–Crippen LogP) is 3.68. The number of benzene rings is 1. The van der Waals surface area contributed by atoms with Crippen molar-refractivity contribution in [2.24, 2.45) is 10.7 Å². The lowest BCUT2D eigenvalue weighted by Gasteiger charge is -2.33. The molecule has 1 atom stereocenters. The van der Waals surface area contributed by atoms with Crippen LogP contribution in [0.4, 0.5) is 5.69 Å². The summed E-state index contributed by atoms with van der Waals surface area (Å²) in [5.74, 6) is 0.514. The Morgan fingerprint density at radius 2 is 2.09 bits per heavy atom. The number of aryl methyl sites for hydroxylation is 2. The topological polar surface area (TPSA) is 53.6 Å². The fraction of sp³-hybridized carbons (Fsp3) is 0.632. The molecule has 2 rings (SSSR count). The van der Waals surface area contributed by atoms with Gasteiger partial charge in [-0.1, -0.05) is 12.5 Å². The monoisotopic (exact) mass is 316 g/mol. The quantitative estimate of drug-likeness (QED) is 0.478. The fourth-order valence-corrected chi connectivity index (χ4v) is 3.12. The van der Waals surface area contributed by atoms with Crippen molar-refractivity contribution < 1.29 is 0 Å². The number of aliphatic imine (C=N–C) groups is 1. The number of likely N-dealkylation sites (tertiary alicyclic amines) is 1. The van der Waals surface area contributed by atoms with Gasteiger partial charge in [-0.05, 0) is 82.8 Å². The molecule has 0 bridgehead atoms. The van der Waals surface area contributed by atoms with E-state index in [1.54, 1.807) is 0 Å². The van der Waals surface area contributed by atoms with Gasteiger partial charge in [0.15, 0.2) is 5.96 Å². The lowest BCUT2D eigenvalue weighted by Crippen LogP contribution is -2.38. The van der Waals surface area contributed by atoms with Crippen molar-refractivity contribution in [2.75, 3.05) is 25.0 Å². The van der Waals surface area contributed by atoms with E-state index in [0.29, 0.717) is 5.96 Å². The van der Waals surface area contributed by atoms with Gasteiger partial charge in [-0.3, -0.25) is 4.99 Å². The van der Waals surface area contributed by atoms with Crippen molar-refractivity contribution in [3.8, 4) is 0 Å². The highest BCUT2D eigenvalue weighted by Gasteiger charge is 2.16. The molecule has 4 nitrogen and oxygen atoms in total. The minimum Gasteiger partial charge on any atom is -0.370 e. The van der Waals surface area contributed by atoms with Gasteiger partial charge in [-0.25, -0.2) is 0 Å². The standard InChI is InChI=1S/C19H32N4/c1-15-9-10-18(14-16(15)2)22-19(20)21-11-5-7-13-23-12-6-4-8-17(23)3/h9-10,14,17H,4-8,11-13H2,1-3H3,(H3,20,21,22). The van der Waals surface area contributed by atoms with Gasteiger partial charge >= 0.3 is 0 Å². The van der Waals surface area contributed by atoms with Crippen molar-refractivity contribution in [1.82, 2.24) is 4.90 Å². The molecule has 23 heavy (non-hydrogen) atoms. The second-order valence-electron chi connectivity index (χ2n) is 6.78. The van der Waals surface area contributed by atoms with E-state index in [1.165, 1.54) is 49.9 Å². The summed E-state index contributed by atoms with van der Waals surface area (Å²) >= 11 is 0. The van der Waals surface area contributed by atoms with E-state index >= 15 is 0 Å². The summed E-state index contributed by atoms with van der Waals surface area (Å²) in [4.78, 5) is 7.05. The molecular formula is C19H32N4. The van der Waals surface area contributed by atoms with Gasteiger partial charge in [0.05, 0.1) is 0 Å². The van der Waals surface area contributed by atoms with Crippen LogP contribution in [-0.2, 0) is 0 Å². The number of guanidine groups is 1. The lowest BCUT2D eigenvalue weighted by atomic mass is 10.0. The van der Waals surface area contributed by atoms with E-state index in [-0.39, 0.29) is 0 Å². The second-order valence-corrected chi connectivity index (χ2v) is 6.78. The average molecular weight is 316 g/mol. The van der Waals surface area contributed by atoms with Gasteiger partial charge in [-0.2, -0.15) is 0 Å². The first kappa shape index (κ1) is 17.8. The number of piperidine rings is 1. The highest BCUT2D eigenvalue weighted by atomic mass is 15.2. The second kappa shape index (κ2) is 8.92. The van der Waals surface area contributed by atoms with Crippen LogP contribution in [-0.4, -0.2) is 36.5 Å². The van der Waals surface area contributed by atoms with Crippen LogP contribution in [0, 0.1) is 13.8 Å². The highest BCUT2D eigenvalue weighted by molar-refractivity contribution is 5.92. The summed E-state index contributed by atoms with van der Waals surface area (Å²) in [5, 5.41) is 3.17. The Kier molecular flexibility index (Phi) is 6.90. The Balaban J connectivity index is 1.67. The maximum atomic E-state index is 5.97. The SMILES string of the molecule is Cc1ccc(NC(N)=NCCCCN2CCCCC2C)cc1C. The molecule has 3 N–H and O–H groups in total. The summed E-state index contributed by atoms with van der Waals surface area (Å²) < 4.78 is 0. The minimum atomic E-state index is 0.514. The number of hydrogen-bond acceptors (Lipinski definition) is 2. The Morgan fingerprint density at radius 3 is 2.83 bits per heavy atom. The average Bonchev–Trinajstić information content (AvgIpc) is 2.52. The number of nitrogens with two attached hydrogens (primary N) is 1. The van der Waals surface area contributed by atoms with Gasteiger partial charge in [0.1, 0.15) is 0 Å². The first-order valence-electron chi connectivity index (χ1n) is 8.94. The third-order valence-corrected chi connectivity index (χ3v) is 4.86. The summed E-state index contributed by atoms with van der Waals surface area (Å²) in [6.07, 6.45) is 6.40. The molecule has 1 unspecified atom stereocenters.